The van der Waals surface area contributed by atoms with Crippen LogP contribution in [-0.4, -0.2) is 41.6 Å². The number of carboxylic acid groups (broad SMARTS) is 1. The average molecular weight is 274 g/mol. The van der Waals surface area contributed by atoms with Crippen molar-refractivity contribution in [2.24, 2.45) is 0 Å². The average Bonchev–Trinajstić information content (AvgIpc) is 2.45. The van der Waals surface area contributed by atoms with E-state index in [0.29, 0.717) is 13.0 Å². The van der Waals surface area contributed by atoms with Gasteiger partial charge in [0.05, 0.1) is 0 Å². The highest BCUT2D eigenvalue weighted by atomic mass is 16.4. The third-order valence-corrected chi connectivity index (χ3v) is 2.84. The minimum atomic E-state index is -1.13. The van der Waals surface area contributed by atoms with E-state index in [4.69, 9.17) is 11.5 Å². The Bertz CT molecular complexity index is 494. The summed E-state index contributed by atoms with van der Waals surface area (Å²) in [6.45, 7) is 0.498. The lowest BCUT2D eigenvalue weighted by Crippen LogP contribution is -2.47. The molecule has 1 rings (SSSR count). The summed E-state index contributed by atoms with van der Waals surface area (Å²) in [6.07, 6.45) is 5.75. The summed E-state index contributed by atoms with van der Waals surface area (Å²) in [5.41, 5.74) is 1.12. The first kappa shape index (κ1) is 15.6. The summed E-state index contributed by atoms with van der Waals surface area (Å²) in [5, 5.41) is 11.3. The smallest absolute Gasteiger partial charge is 0.327 e. The van der Waals surface area contributed by atoms with Gasteiger partial charge >= 0.3 is 12.0 Å². The zero-order valence-corrected chi connectivity index (χ0v) is 11.4. The van der Waals surface area contributed by atoms with Gasteiger partial charge in [-0.25, -0.2) is 9.59 Å². The Kier molecular flexibility index (Phi) is 6.11. The van der Waals surface area contributed by atoms with Crippen LogP contribution in [0.2, 0.25) is 0 Å². The Morgan fingerprint density at radius 2 is 2.05 bits per heavy atom. The van der Waals surface area contributed by atoms with Crippen LogP contribution in [0.4, 0.5) is 4.79 Å². The maximum absolute atomic E-state index is 11.8. The molecular formula is C15H18N2O3. The number of carboxylic acids is 1. The van der Waals surface area contributed by atoms with Crippen LogP contribution in [0.25, 0.3) is 0 Å². The highest BCUT2D eigenvalue weighted by Crippen LogP contribution is 2.01. The third-order valence-electron chi connectivity index (χ3n) is 2.84. The van der Waals surface area contributed by atoms with Crippen molar-refractivity contribution in [3.05, 3.63) is 35.9 Å². The molecule has 0 fully saturated rings. The fourth-order valence-electron chi connectivity index (χ4n) is 1.62. The number of aliphatic carboxylic acids is 1. The molecule has 0 heterocycles. The molecule has 20 heavy (non-hydrogen) atoms. The Hall–Kier alpha value is -2.48. The molecule has 0 aliphatic rings. The molecule has 2 N–H and O–H groups in total. The van der Waals surface area contributed by atoms with E-state index < -0.39 is 18.0 Å². The van der Waals surface area contributed by atoms with Crippen LogP contribution in [0.15, 0.2) is 30.3 Å². The van der Waals surface area contributed by atoms with E-state index in [1.807, 2.05) is 30.3 Å². The lowest BCUT2D eigenvalue weighted by atomic mass is 10.1. The number of terminal acetylenes is 1. The molecule has 5 nitrogen and oxygen atoms in total. The van der Waals surface area contributed by atoms with E-state index in [1.165, 1.54) is 4.90 Å². The third kappa shape index (κ3) is 5.02. The van der Waals surface area contributed by atoms with Crippen LogP contribution >= 0.6 is 0 Å². The standard InChI is InChI=1S/C15H18N2O3/c1-3-7-13(14(18)19)16-15(20)17(2)11-10-12-8-5-4-6-9-12/h1,4-6,8-9,13H,7,10-11H2,2H3,(H,16,20)(H,18,19). The lowest BCUT2D eigenvalue weighted by molar-refractivity contribution is -0.139. The number of hydrogen-bond donors (Lipinski definition) is 2. The minimum absolute atomic E-state index is 0.0341. The van der Waals surface area contributed by atoms with Crippen molar-refractivity contribution >= 4 is 12.0 Å². The van der Waals surface area contributed by atoms with Gasteiger partial charge in [-0.2, -0.15) is 0 Å². The molecule has 0 aromatic heterocycles. The fraction of sp³-hybridized carbons (Fsp3) is 0.333. The van der Waals surface area contributed by atoms with Gasteiger partial charge < -0.3 is 15.3 Å². The molecule has 1 aromatic carbocycles. The molecule has 1 aromatic rings. The summed E-state index contributed by atoms with van der Waals surface area (Å²) in [5.74, 6) is 1.11. The molecular weight excluding hydrogens is 256 g/mol. The quantitative estimate of drug-likeness (QED) is 0.769. The van der Waals surface area contributed by atoms with Gasteiger partial charge in [0.1, 0.15) is 6.04 Å². The number of carbonyl (C=O) groups is 2. The summed E-state index contributed by atoms with van der Waals surface area (Å²) >= 11 is 0. The number of benzene rings is 1. The van der Waals surface area contributed by atoms with Gasteiger partial charge in [0.15, 0.2) is 0 Å². The monoisotopic (exact) mass is 274 g/mol. The number of rotatable bonds is 6. The van der Waals surface area contributed by atoms with E-state index in [2.05, 4.69) is 11.2 Å². The van der Waals surface area contributed by atoms with E-state index in [9.17, 15) is 9.59 Å². The maximum atomic E-state index is 11.8. The Balaban J connectivity index is 2.46. The van der Waals surface area contributed by atoms with Gasteiger partial charge in [0.2, 0.25) is 0 Å². The minimum Gasteiger partial charge on any atom is -0.480 e. The number of nitrogens with zero attached hydrogens (tertiary/aromatic N) is 1. The number of likely N-dealkylation sites (N-methyl/N-ethyl adjacent to an activating group) is 1. The van der Waals surface area contributed by atoms with Crippen molar-refractivity contribution in [2.45, 2.75) is 18.9 Å². The van der Waals surface area contributed by atoms with Gasteiger partial charge in [0.25, 0.3) is 0 Å². The second kappa shape index (κ2) is 7.85. The number of nitrogens with one attached hydrogen (secondary N) is 1. The molecule has 106 valence electrons. The maximum Gasteiger partial charge on any atom is 0.327 e. The van der Waals surface area contributed by atoms with Crippen LogP contribution in [0.1, 0.15) is 12.0 Å². The van der Waals surface area contributed by atoms with Crippen LogP contribution in [0, 0.1) is 12.3 Å². The molecule has 5 heteroatoms. The molecule has 0 saturated carbocycles. The van der Waals surface area contributed by atoms with Crippen LogP contribution in [0.3, 0.4) is 0 Å². The van der Waals surface area contributed by atoms with Crippen molar-refractivity contribution in [2.75, 3.05) is 13.6 Å². The Morgan fingerprint density at radius 1 is 1.40 bits per heavy atom. The number of urea groups is 1. The van der Waals surface area contributed by atoms with E-state index in [-0.39, 0.29) is 6.42 Å². The van der Waals surface area contributed by atoms with Crippen molar-refractivity contribution in [3.63, 3.8) is 0 Å². The highest BCUT2D eigenvalue weighted by Gasteiger charge is 2.20. The predicted octanol–water partition coefficient (Wildman–Crippen LogP) is 1.35. The van der Waals surface area contributed by atoms with Crippen molar-refractivity contribution in [3.8, 4) is 12.3 Å². The first-order valence-corrected chi connectivity index (χ1v) is 6.26. The molecule has 0 aliphatic heterocycles. The SMILES string of the molecule is C#CCC(NC(=O)N(C)CCc1ccccc1)C(=O)O. The Morgan fingerprint density at radius 3 is 2.60 bits per heavy atom. The number of hydrogen-bond acceptors (Lipinski definition) is 2. The summed E-state index contributed by atoms with van der Waals surface area (Å²) in [7, 11) is 1.62. The first-order chi connectivity index (χ1) is 9.54. The molecule has 2 amide bonds. The molecule has 0 radical (unpaired) electrons. The fourth-order valence-corrected chi connectivity index (χ4v) is 1.62. The van der Waals surface area contributed by atoms with Gasteiger partial charge in [-0.15, -0.1) is 12.3 Å². The van der Waals surface area contributed by atoms with E-state index in [0.717, 1.165) is 5.56 Å². The van der Waals surface area contributed by atoms with Gasteiger partial charge in [0, 0.05) is 20.0 Å². The lowest BCUT2D eigenvalue weighted by Gasteiger charge is -2.20. The molecule has 0 spiro atoms. The predicted molar refractivity (Wildman–Crippen MR) is 76.2 cm³/mol. The van der Waals surface area contributed by atoms with E-state index >= 15 is 0 Å². The van der Waals surface area contributed by atoms with Crippen molar-refractivity contribution in [1.82, 2.24) is 10.2 Å². The summed E-state index contributed by atoms with van der Waals surface area (Å²) in [6, 6.07) is 8.26. The zero-order chi connectivity index (χ0) is 15.0. The number of carbonyl (C=O) groups excluding carboxylic acids is 1. The summed E-state index contributed by atoms with van der Waals surface area (Å²) in [4.78, 5) is 24.2. The zero-order valence-electron chi connectivity index (χ0n) is 11.4. The summed E-state index contributed by atoms with van der Waals surface area (Å²) < 4.78 is 0. The normalized spacial score (nSPS) is 11.2. The topological polar surface area (TPSA) is 69.6 Å². The van der Waals surface area contributed by atoms with Crippen LogP contribution in [-0.2, 0) is 11.2 Å². The Labute approximate surface area is 118 Å². The van der Waals surface area contributed by atoms with Crippen LogP contribution < -0.4 is 5.32 Å². The van der Waals surface area contributed by atoms with Crippen LogP contribution in [0.5, 0.6) is 0 Å². The molecule has 0 aliphatic carbocycles. The van der Waals surface area contributed by atoms with Gasteiger partial charge in [-0.1, -0.05) is 30.3 Å². The largest absolute Gasteiger partial charge is 0.480 e. The second-order valence-corrected chi connectivity index (χ2v) is 4.41. The van der Waals surface area contributed by atoms with Crippen molar-refractivity contribution in [1.29, 1.82) is 0 Å². The van der Waals surface area contributed by atoms with Gasteiger partial charge in [-0.05, 0) is 12.0 Å². The molecule has 0 bridgehead atoms. The second-order valence-electron chi connectivity index (χ2n) is 4.41. The van der Waals surface area contributed by atoms with E-state index in [1.54, 1.807) is 7.05 Å². The molecule has 1 unspecified atom stereocenters. The van der Waals surface area contributed by atoms with Crippen molar-refractivity contribution < 1.29 is 14.7 Å². The first-order valence-electron chi connectivity index (χ1n) is 6.26. The number of amides is 2. The molecule has 0 saturated heterocycles. The van der Waals surface area contributed by atoms with Gasteiger partial charge in [-0.3, -0.25) is 0 Å². The highest BCUT2D eigenvalue weighted by molar-refractivity contribution is 5.82. The molecule has 1 atom stereocenters.